The minimum atomic E-state index is -4.56. The molecule has 1 aliphatic carbocycles. The lowest BCUT2D eigenvalue weighted by atomic mass is 9.93. The Balaban J connectivity index is 1.40. The topological polar surface area (TPSA) is 54.3 Å². The van der Waals surface area contributed by atoms with Crippen LogP contribution in [-0.2, 0) is 17.9 Å². The number of alkyl halides is 6. The molecular formula is C22H22ClF6N5O. The van der Waals surface area contributed by atoms with Crippen molar-refractivity contribution in [3.63, 3.8) is 0 Å². The van der Waals surface area contributed by atoms with Crippen LogP contribution in [0, 0.1) is 5.41 Å². The Labute approximate surface area is 201 Å². The van der Waals surface area contributed by atoms with Gasteiger partial charge in [0.2, 0.25) is 5.91 Å². The normalized spacial score (nSPS) is 20.8. The average molecular weight is 522 g/mol. The van der Waals surface area contributed by atoms with E-state index in [4.69, 9.17) is 11.6 Å². The van der Waals surface area contributed by atoms with Crippen LogP contribution in [0.1, 0.15) is 48.8 Å². The number of aromatic nitrogens is 3. The van der Waals surface area contributed by atoms with E-state index in [1.54, 1.807) is 22.8 Å². The molecule has 1 saturated carbocycles. The maximum absolute atomic E-state index is 13.4. The lowest BCUT2D eigenvalue weighted by molar-refractivity contribution is -0.199. The molecule has 35 heavy (non-hydrogen) atoms. The average Bonchev–Trinajstić information content (AvgIpc) is 3.51. The van der Waals surface area contributed by atoms with Crippen molar-refractivity contribution in [2.45, 2.75) is 57.0 Å². The molecule has 13 heteroatoms. The Morgan fingerprint density at radius 2 is 1.74 bits per heavy atom. The third kappa shape index (κ3) is 4.50. The zero-order valence-electron chi connectivity index (χ0n) is 18.5. The molecule has 0 bridgehead atoms. The fourth-order valence-electron chi connectivity index (χ4n) is 5.11. The van der Waals surface area contributed by atoms with Crippen LogP contribution in [0.25, 0.3) is 5.69 Å². The maximum atomic E-state index is 13.4. The third-order valence-corrected chi connectivity index (χ3v) is 7.28. The number of fused-ring (bicyclic) bond motifs is 3. The highest BCUT2D eigenvalue weighted by Crippen LogP contribution is 2.58. The summed E-state index contributed by atoms with van der Waals surface area (Å²) in [6.45, 7) is -0.883. The molecule has 2 aromatic rings. The van der Waals surface area contributed by atoms with Gasteiger partial charge in [0.1, 0.15) is 11.2 Å². The Morgan fingerprint density at radius 3 is 2.34 bits per heavy atom. The van der Waals surface area contributed by atoms with Crippen molar-refractivity contribution in [2.75, 3.05) is 19.6 Å². The van der Waals surface area contributed by atoms with Crippen LogP contribution >= 0.6 is 11.6 Å². The number of piperidine rings is 1. The van der Waals surface area contributed by atoms with Crippen molar-refractivity contribution in [3.8, 4) is 5.69 Å². The number of nitrogens with zero attached hydrogens (tertiary/aromatic N) is 5. The Kier molecular flexibility index (Phi) is 5.82. The molecule has 0 N–H and O–H groups in total. The van der Waals surface area contributed by atoms with E-state index in [2.05, 4.69) is 10.2 Å². The van der Waals surface area contributed by atoms with Gasteiger partial charge in [-0.1, -0.05) is 11.6 Å². The molecule has 1 aromatic carbocycles. The highest BCUT2D eigenvalue weighted by Gasteiger charge is 2.69. The first kappa shape index (κ1) is 24.4. The summed E-state index contributed by atoms with van der Waals surface area (Å²) in [5.41, 5.74) is -1.03. The van der Waals surface area contributed by atoms with Crippen LogP contribution in [0.15, 0.2) is 18.2 Å². The van der Waals surface area contributed by atoms with E-state index in [9.17, 15) is 31.1 Å². The second-order valence-electron chi connectivity index (χ2n) is 9.49. The van der Waals surface area contributed by atoms with Crippen molar-refractivity contribution in [3.05, 3.63) is 40.4 Å². The molecule has 1 amide bonds. The van der Waals surface area contributed by atoms with Crippen molar-refractivity contribution in [2.24, 2.45) is 5.41 Å². The summed E-state index contributed by atoms with van der Waals surface area (Å²) in [5, 5.41) is 8.83. The summed E-state index contributed by atoms with van der Waals surface area (Å²) < 4.78 is 81.3. The Bertz CT molecular complexity index is 1130. The number of benzene rings is 1. The zero-order chi connectivity index (χ0) is 25.2. The molecule has 2 aliphatic heterocycles. The van der Waals surface area contributed by atoms with Crippen molar-refractivity contribution >= 4 is 17.5 Å². The van der Waals surface area contributed by atoms with Gasteiger partial charge in [0, 0.05) is 30.6 Å². The fourth-order valence-corrected chi connectivity index (χ4v) is 5.30. The van der Waals surface area contributed by atoms with Crippen LogP contribution < -0.4 is 0 Å². The van der Waals surface area contributed by atoms with Crippen LogP contribution in [-0.4, -0.2) is 62.5 Å². The first-order valence-corrected chi connectivity index (χ1v) is 11.6. The van der Waals surface area contributed by atoms with Crippen LogP contribution in [0.3, 0.4) is 0 Å². The molecule has 1 aromatic heterocycles. The Morgan fingerprint density at radius 1 is 1.06 bits per heavy atom. The predicted molar refractivity (Wildman–Crippen MR) is 113 cm³/mol. The molecule has 5 rings (SSSR count). The van der Waals surface area contributed by atoms with Crippen LogP contribution in [0.2, 0.25) is 5.02 Å². The molecule has 3 heterocycles. The molecule has 0 atom stereocenters. The molecule has 0 radical (unpaired) electrons. The number of rotatable bonds is 3. The molecule has 3 aliphatic rings. The number of hydrogen-bond donors (Lipinski definition) is 0. The van der Waals surface area contributed by atoms with E-state index >= 15 is 0 Å². The highest BCUT2D eigenvalue weighted by atomic mass is 35.5. The van der Waals surface area contributed by atoms with Gasteiger partial charge >= 0.3 is 12.4 Å². The second-order valence-corrected chi connectivity index (χ2v) is 9.93. The number of hydrogen-bond acceptors (Lipinski definition) is 4. The van der Waals surface area contributed by atoms with E-state index in [0.29, 0.717) is 40.8 Å². The summed E-state index contributed by atoms with van der Waals surface area (Å²) in [6, 6.07) is 4.97. The van der Waals surface area contributed by atoms with E-state index in [-0.39, 0.29) is 44.9 Å². The minimum Gasteiger partial charge on any atom is -0.342 e. The van der Waals surface area contributed by atoms with Gasteiger partial charge in [0.25, 0.3) is 0 Å². The van der Waals surface area contributed by atoms with E-state index in [1.165, 1.54) is 9.80 Å². The molecule has 0 unspecified atom stereocenters. The van der Waals surface area contributed by atoms with Crippen LogP contribution in [0.4, 0.5) is 26.3 Å². The van der Waals surface area contributed by atoms with Crippen molar-refractivity contribution < 1.29 is 31.1 Å². The monoisotopic (exact) mass is 521 g/mol. The lowest BCUT2D eigenvalue weighted by Gasteiger charge is -2.34. The molecule has 190 valence electrons. The number of carbonyl (C=O) groups is 1. The second kappa shape index (κ2) is 8.36. The predicted octanol–water partition coefficient (Wildman–Crippen LogP) is 4.85. The molecule has 6 nitrogen and oxygen atoms in total. The summed E-state index contributed by atoms with van der Waals surface area (Å²) in [6.07, 6.45) is -8.55. The third-order valence-electron chi connectivity index (χ3n) is 7.05. The zero-order valence-corrected chi connectivity index (χ0v) is 19.2. The number of halogens is 7. The maximum Gasteiger partial charge on any atom is 0.403 e. The largest absolute Gasteiger partial charge is 0.403 e. The molecule has 2 fully saturated rings. The van der Waals surface area contributed by atoms with Gasteiger partial charge in [-0.05, 0) is 49.4 Å². The van der Waals surface area contributed by atoms with Gasteiger partial charge in [0.05, 0.1) is 18.8 Å². The van der Waals surface area contributed by atoms with E-state index in [0.717, 1.165) is 0 Å². The van der Waals surface area contributed by atoms with Gasteiger partial charge < -0.3 is 4.90 Å². The SMILES string of the molecule is O=C(N1CCC(c2nnc3n2-c2ccc(Cl)cc2CN(CC(F)(F)F)C3)CC1)C1(C(F)(F)F)CC1. The van der Waals surface area contributed by atoms with Crippen molar-refractivity contribution in [1.82, 2.24) is 24.6 Å². The number of likely N-dealkylation sites (tertiary alicyclic amines) is 1. The fraction of sp³-hybridized carbons (Fsp3) is 0.591. The van der Waals surface area contributed by atoms with Gasteiger partial charge in [-0.3, -0.25) is 14.3 Å². The summed E-state index contributed by atoms with van der Waals surface area (Å²) in [7, 11) is 0. The minimum absolute atomic E-state index is 0.0185. The van der Waals surface area contributed by atoms with E-state index in [1.807, 2.05) is 0 Å². The summed E-state index contributed by atoms with van der Waals surface area (Å²) in [4.78, 5) is 15.1. The number of carbonyl (C=O) groups excluding carboxylic acids is 1. The first-order chi connectivity index (χ1) is 16.4. The molecule has 0 spiro atoms. The van der Waals surface area contributed by atoms with Gasteiger partial charge in [-0.2, -0.15) is 26.3 Å². The summed E-state index contributed by atoms with van der Waals surface area (Å²) >= 11 is 6.12. The van der Waals surface area contributed by atoms with Gasteiger partial charge in [-0.25, -0.2) is 0 Å². The summed E-state index contributed by atoms with van der Waals surface area (Å²) in [5.74, 6) is -0.204. The quantitative estimate of drug-likeness (QED) is 0.542. The highest BCUT2D eigenvalue weighted by molar-refractivity contribution is 6.30. The van der Waals surface area contributed by atoms with Gasteiger partial charge in [-0.15, -0.1) is 10.2 Å². The number of amides is 1. The lowest BCUT2D eigenvalue weighted by Crippen LogP contribution is -2.47. The molecule has 1 saturated heterocycles. The van der Waals surface area contributed by atoms with Crippen molar-refractivity contribution in [1.29, 1.82) is 0 Å². The van der Waals surface area contributed by atoms with Gasteiger partial charge in [0.15, 0.2) is 5.82 Å². The molecular weight excluding hydrogens is 500 g/mol. The van der Waals surface area contributed by atoms with E-state index < -0.39 is 30.2 Å². The van der Waals surface area contributed by atoms with Crippen LogP contribution in [0.5, 0.6) is 0 Å². The first-order valence-electron chi connectivity index (χ1n) is 11.3. The Hall–Kier alpha value is -2.34. The smallest absolute Gasteiger partial charge is 0.342 e. The standard InChI is InChI=1S/C22H22ClF6N5O/c23-15-1-2-16-14(9-15)10-32(12-21(24,25)26)11-17-30-31-18(34(16)17)13-3-7-33(8-4-13)19(35)20(5-6-20)22(27,28)29/h1-2,9,13H,3-8,10-12H2.